The summed E-state index contributed by atoms with van der Waals surface area (Å²) in [6, 6.07) is 12.3. The molecule has 0 bridgehead atoms. The Bertz CT molecular complexity index is 629. The Labute approximate surface area is 127 Å². The van der Waals surface area contributed by atoms with E-state index in [0.717, 1.165) is 5.56 Å². The minimum Gasteiger partial charge on any atom is -0.495 e. The molecule has 0 aliphatic heterocycles. The van der Waals surface area contributed by atoms with Crippen LogP contribution in [0.4, 0.5) is 5.69 Å². The molecule has 1 amide bonds. The van der Waals surface area contributed by atoms with Crippen LogP contribution in [0.1, 0.15) is 5.56 Å². The maximum absolute atomic E-state index is 12.0. The summed E-state index contributed by atoms with van der Waals surface area (Å²) in [6.45, 7) is 0. The number of hydrogen-bond donors (Lipinski definition) is 1. The number of hydrogen-bond acceptors (Lipinski definition) is 2. The fourth-order valence-corrected chi connectivity index (χ4v) is 2.22. The lowest BCUT2D eigenvalue weighted by Gasteiger charge is -2.08. The second kappa shape index (κ2) is 6.64. The van der Waals surface area contributed by atoms with Crippen LogP contribution in [-0.2, 0) is 11.2 Å². The normalized spacial score (nSPS) is 10.2. The van der Waals surface area contributed by atoms with Crippen molar-refractivity contribution in [2.75, 3.05) is 12.4 Å². The molecule has 0 aliphatic carbocycles. The molecule has 2 rings (SSSR count). The number of rotatable bonds is 4. The van der Waals surface area contributed by atoms with Crippen molar-refractivity contribution < 1.29 is 9.53 Å². The maximum Gasteiger partial charge on any atom is 0.228 e. The summed E-state index contributed by atoms with van der Waals surface area (Å²) in [5.41, 5.74) is 1.40. The lowest BCUT2D eigenvalue weighted by Crippen LogP contribution is -2.14. The van der Waals surface area contributed by atoms with Gasteiger partial charge < -0.3 is 10.1 Å². The predicted octanol–water partition coefficient (Wildman–Crippen LogP) is 4.18. The van der Waals surface area contributed by atoms with Crippen LogP contribution in [0.5, 0.6) is 5.75 Å². The van der Waals surface area contributed by atoms with E-state index < -0.39 is 0 Å². The van der Waals surface area contributed by atoms with Crippen molar-refractivity contribution in [2.45, 2.75) is 6.42 Å². The molecule has 2 aromatic carbocycles. The zero-order chi connectivity index (χ0) is 14.5. The minimum absolute atomic E-state index is 0.153. The maximum atomic E-state index is 12.0. The van der Waals surface area contributed by atoms with E-state index in [1.54, 1.807) is 24.3 Å². The van der Waals surface area contributed by atoms with Gasteiger partial charge in [0, 0.05) is 10.7 Å². The van der Waals surface area contributed by atoms with Gasteiger partial charge in [0.2, 0.25) is 5.91 Å². The molecule has 0 spiro atoms. The average molecular weight is 310 g/mol. The summed E-state index contributed by atoms with van der Waals surface area (Å²) in [5, 5.41) is 3.80. The highest BCUT2D eigenvalue weighted by atomic mass is 35.5. The van der Waals surface area contributed by atoms with Crippen molar-refractivity contribution in [3.8, 4) is 5.75 Å². The number of carbonyl (C=O) groups is 1. The molecule has 0 atom stereocenters. The van der Waals surface area contributed by atoms with Gasteiger partial charge in [0.15, 0.2) is 0 Å². The van der Waals surface area contributed by atoms with Crippen LogP contribution in [0.2, 0.25) is 10.0 Å². The van der Waals surface area contributed by atoms with E-state index in [2.05, 4.69) is 5.32 Å². The van der Waals surface area contributed by atoms with E-state index in [1.165, 1.54) is 7.11 Å². The first-order valence-electron chi connectivity index (χ1n) is 5.97. The molecular weight excluding hydrogens is 297 g/mol. The van der Waals surface area contributed by atoms with E-state index in [-0.39, 0.29) is 12.3 Å². The first kappa shape index (κ1) is 14.7. The second-order valence-electron chi connectivity index (χ2n) is 4.17. The van der Waals surface area contributed by atoms with Crippen molar-refractivity contribution in [1.82, 2.24) is 0 Å². The van der Waals surface area contributed by atoms with Crippen molar-refractivity contribution in [3.63, 3.8) is 0 Å². The fourth-order valence-electron chi connectivity index (χ4n) is 1.76. The quantitative estimate of drug-likeness (QED) is 0.920. The number of nitrogens with one attached hydrogen (secondary N) is 1. The molecule has 0 aromatic heterocycles. The highest BCUT2D eigenvalue weighted by Crippen LogP contribution is 2.27. The van der Waals surface area contributed by atoms with Crippen LogP contribution in [-0.4, -0.2) is 13.0 Å². The van der Waals surface area contributed by atoms with Gasteiger partial charge in [-0.25, -0.2) is 0 Å². The van der Waals surface area contributed by atoms with Crippen molar-refractivity contribution in [3.05, 3.63) is 58.1 Å². The summed E-state index contributed by atoms with van der Waals surface area (Å²) < 4.78 is 5.05. The van der Waals surface area contributed by atoms with Crippen LogP contribution < -0.4 is 10.1 Å². The minimum atomic E-state index is -0.153. The molecule has 3 nitrogen and oxygen atoms in total. The van der Waals surface area contributed by atoms with Crippen molar-refractivity contribution in [2.24, 2.45) is 0 Å². The third-order valence-electron chi connectivity index (χ3n) is 2.74. The highest BCUT2D eigenvalue weighted by Gasteiger charge is 2.08. The molecular formula is C15H13Cl2NO2. The third-order valence-corrected chi connectivity index (χ3v) is 3.41. The third kappa shape index (κ3) is 3.65. The molecule has 0 heterocycles. The van der Waals surface area contributed by atoms with Crippen LogP contribution >= 0.6 is 23.2 Å². The number of amides is 1. The highest BCUT2D eigenvalue weighted by molar-refractivity contribution is 6.32. The van der Waals surface area contributed by atoms with Crippen LogP contribution in [0.25, 0.3) is 0 Å². The number of methoxy groups -OCH3 is 1. The fraction of sp³-hybridized carbons (Fsp3) is 0.133. The van der Waals surface area contributed by atoms with E-state index in [4.69, 9.17) is 27.9 Å². The van der Waals surface area contributed by atoms with Crippen molar-refractivity contribution in [1.29, 1.82) is 0 Å². The lowest BCUT2D eigenvalue weighted by atomic mass is 10.1. The van der Waals surface area contributed by atoms with Gasteiger partial charge in [-0.3, -0.25) is 4.79 Å². The van der Waals surface area contributed by atoms with E-state index in [0.29, 0.717) is 21.5 Å². The molecule has 5 heteroatoms. The predicted molar refractivity (Wildman–Crippen MR) is 81.8 cm³/mol. The van der Waals surface area contributed by atoms with Gasteiger partial charge in [-0.15, -0.1) is 0 Å². The monoisotopic (exact) mass is 309 g/mol. The van der Waals surface area contributed by atoms with E-state index >= 15 is 0 Å². The van der Waals surface area contributed by atoms with Crippen molar-refractivity contribution >= 4 is 34.8 Å². The smallest absolute Gasteiger partial charge is 0.228 e. The number of anilines is 1. The van der Waals surface area contributed by atoms with Crippen LogP contribution in [0.3, 0.4) is 0 Å². The van der Waals surface area contributed by atoms with E-state index in [1.807, 2.05) is 18.2 Å². The molecule has 0 saturated heterocycles. The largest absolute Gasteiger partial charge is 0.495 e. The number of carbonyl (C=O) groups excluding carboxylic acids is 1. The topological polar surface area (TPSA) is 38.3 Å². The van der Waals surface area contributed by atoms with Gasteiger partial charge in [-0.2, -0.15) is 0 Å². The molecule has 0 unspecified atom stereocenters. The summed E-state index contributed by atoms with van der Waals surface area (Å²) >= 11 is 12.0. The average Bonchev–Trinajstić information content (AvgIpc) is 2.41. The molecule has 0 fully saturated rings. The second-order valence-corrected chi connectivity index (χ2v) is 4.98. The Morgan fingerprint density at radius 1 is 1.15 bits per heavy atom. The van der Waals surface area contributed by atoms with Gasteiger partial charge in [-0.05, 0) is 29.8 Å². The summed E-state index contributed by atoms with van der Waals surface area (Å²) in [4.78, 5) is 12.0. The van der Waals surface area contributed by atoms with Gasteiger partial charge in [0.1, 0.15) is 5.75 Å². The molecule has 0 radical (unpaired) electrons. The lowest BCUT2D eigenvalue weighted by molar-refractivity contribution is -0.115. The van der Waals surface area contributed by atoms with Gasteiger partial charge >= 0.3 is 0 Å². The van der Waals surface area contributed by atoms with Gasteiger partial charge in [0.25, 0.3) is 0 Å². The molecule has 1 N–H and O–H groups in total. The molecule has 104 valence electrons. The van der Waals surface area contributed by atoms with Crippen LogP contribution in [0, 0.1) is 0 Å². The Morgan fingerprint density at radius 2 is 1.90 bits per heavy atom. The number of benzene rings is 2. The SMILES string of the molecule is COc1ccc(NC(=O)Cc2ccccc2Cl)cc1Cl. The molecule has 2 aromatic rings. The summed E-state index contributed by atoms with van der Waals surface area (Å²) in [7, 11) is 1.54. The molecule has 0 aliphatic rings. The summed E-state index contributed by atoms with van der Waals surface area (Å²) in [6.07, 6.45) is 0.212. The Kier molecular flexibility index (Phi) is 4.88. The first-order chi connectivity index (χ1) is 9.60. The van der Waals surface area contributed by atoms with Crippen LogP contribution in [0.15, 0.2) is 42.5 Å². The standard InChI is InChI=1S/C15H13Cl2NO2/c1-20-14-7-6-11(9-13(14)17)18-15(19)8-10-4-2-3-5-12(10)16/h2-7,9H,8H2,1H3,(H,18,19). The summed E-state index contributed by atoms with van der Waals surface area (Å²) in [5.74, 6) is 0.412. The Morgan fingerprint density at radius 3 is 2.55 bits per heavy atom. The zero-order valence-corrected chi connectivity index (χ0v) is 12.3. The molecule has 20 heavy (non-hydrogen) atoms. The Balaban J connectivity index is 2.05. The number of ether oxygens (including phenoxy) is 1. The van der Waals surface area contributed by atoms with Gasteiger partial charge in [0.05, 0.1) is 18.6 Å². The first-order valence-corrected chi connectivity index (χ1v) is 6.72. The Hall–Kier alpha value is -1.71. The number of halogens is 2. The van der Waals surface area contributed by atoms with E-state index in [9.17, 15) is 4.79 Å². The zero-order valence-electron chi connectivity index (χ0n) is 10.8. The molecule has 0 saturated carbocycles. The van der Waals surface area contributed by atoms with Gasteiger partial charge in [-0.1, -0.05) is 41.4 Å².